The highest BCUT2D eigenvalue weighted by molar-refractivity contribution is 5.42. The zero-order valence-electron chi connectivity index (χ0n) is 13.1. The lowest BCUT2D eigenvalue weighted by Gasteiger charge is -2.13. The summed E-state index contributed by atoms with van der Waals surface area (Å²) < 4.78 is 12.4. The minimum atomic E-state index is 0.291. The van der Waals surface area contributed by atoms with E-state index in [0.29, 0.717) is 6.04 Å². The molecule has 0 aliphatic carbocycles. The molecule has 1 unspecified atom stereocenters. The Morgan fingerprint density at radius 1 is 1.24 bits per heavy atom. The van der Waals surface area contributed by atoms with Gasteiger partial charge in [-0.2, -0.15) is 5.10 Å². The first-order valence-electron chi connectivity index (χ1n) is 7.07. The normalized spacial score (nSPS) is 12.2. The lowest BCUT2D eigenvalue weighted by atomic mass is 10.1. The van der Waals surface area contributed by atoms with Crippen LogP contribution in [0.1, 0.15) is 24.1 Å². The number of aromatic nitrogens is 2. The van der Waals surface area contributed by atoms with Crippen molar-refractivity contribution >= 4 is 0 Å². The van der Waals surface area contributed by atoms with E-state index in [1.165, 1.54) is 11.1 Å². The molecule has 0 saturated heterocycles. The Morgan fingerprint density at radius 3 is 2.62 bits per heavy atom. The third-order valence-corrected chi connectivity index (χ3v) is 3.54. The minimum Gasteiger partial charge on any atom is -0.493 e. The van der Waals surface area contributed by atoms with Crippen molar-refractivity contribution in [3.63, 3.8) is 0 Å². The van der Waals surface area contributed by atoms with Crippen LogP contribution in [0.3, 0.4) is 0 Å². The smallest absolute Gasteiger partial charge is 0.160 e. The van der Waals surface area contributed by atoms with Gasteiger partial charge in [0.15, 0.2) is 11.5 Å². The second-order valence-electron chi connectivity index (χ2n) is 5.06. The SMILES string of the molecule is COc1ccc(CCNC(C)c2cnn(C)c2)cc1OC. The highest BCUT2D eigenvalue weighted by Crippen LogP contribution is 2.27. The predicted molar refractivity (Wildman–Crippen MR) is 82.9 cm³/mol. The highest BCUT2D eigenvalue weighted by atomic mass is 16.5. The molecular weight excluding hydrogens is 266 g/mol. The van der Waals surface area contributed by atoms with Gasteiger partial charge in [0, 0.05) is 24.8 Å². The molecule has 0 aliphatic rings. The van der Waals surface area contributed by atoms with Gasteiger partial charge in [-0.15, -0.1) is 0 Å². The minimum absolute atomic E-state index is 0.291. The summed E-state index contributed by atoms with van der Waals surface area (Å²) in [6, 6.07) is 6.32. The van der Waals surface area contributed by atoms with Crippen LogP contribution >= 0.6 is 0 Å². The van der Waals surface area contributed by atoms with Gasteiger partial charge in [-0.25, -0.2) is 0 Å². The number of hydrogen-bond donors (Lipinski definition) is 1. The fourth-order valence-electron chi connectivity index (χ4n) is 2.25. The van der Waals surface area contributed by atoms with Crippen molar-refractivity contribution < 1.29 is 9.47 Å². The molecule has 0 bridgehead atoms. The van der Waals surface area contributed by atoms with Crippen LogP contribution in [0.2, 0.25) is 0 Å². The first kappa shape index (κ1) is 15.4. The molecule has 5 nitrogen and oxygen atoms in total. The Balaban J connectivity index is 1.88. The molecule has 5 heteroatoms. The lowest BCUT2D eigenvalue weighted by Crippen LogP contribution is -2.21. The summed E-state index contributed by atoms with van der Waals surface area (Å²) >= 11 is 0. The number of methoxy groups -OCH3 is 2. The third kappa shape index (κ3) is 3.98. The van der Waals surface area contributed by atoms with Gasteiger partial charge in [0.25, 0.3) is 0 Å². The van der Waals surface area contributed by atoms with E-state index in [-0.39, 0.29) is 0 Å². The molecule has 2 rings (SSSR count). The number of rotatable bonds is 7. The molecule has 1 aromatic heterocycles. The van der Waals surface area contributed by atoms with E-state index < -0.39 is 0 Å². The molecule has 2 aromatic rings. The Labute approximate surface area is 125 Å². The average molecular weight is 289 g/mol. The summed E-state index contributed by atoms with van der Waals surface area (Å²) in [7, 11) is 5.23. The van der Waals surface area contributed by atoms with E-state index in [1.54, 1.807) is 14.2 Å². The van der Waals surface area contributed by atoms with E-state index in [2.05, 4.69) is 23.4 Å². The summed E-state index contributed by atoms with van der Waals surface area (Å²) in [5.41, 5.74) is 2.42. The van der Waals surface area contributed by atoms with Crippen LogP contribution in [-0.4, -0.2) is 30.5 Å². The Bertz CT molecular complexity index is 581. The molecule has 0 saturated carbocycles. The molecule has 0 spiro atoms. The second-order valence-corrected chi connectivity index (χ2v) is 5.06. The van der Waals surface area contributed by atoms with Crippen LogP contribution in [-0.2, 0) is 13.5 Å². The molecule has 0 radical (unpaired) electrons. The van der Waals surface area contributed by atoms with Gasteiger partial charge in [0.2, 0.25) is 0 Å². The first-order valence-corrected chi connectivity index (χ1v) is 7.07. The molecule has 114 valence electrons. The van der Waals surface area contributed by atoms with Crippen molar-refractivity contribution in [2.24, 2.45) is 7.05 Å². The molecule has 1 N–H and O–H groups in total. The fourth-order valence-corrected chi connectivity index (χ4v) is 2.25. The molecule has 1 heterocycles. The fraction of sp³-hybridized carbons (Fsp3) is 0.438. The van der Waals surface area contributed by atoms with E-state index in [9.17, 15) is 0 Å². The molecular formula is C16H23N3O2. The van der Waals surface area contributed by atoms with E-state index in [0.717, 1.165) is 24.5 Å². The maximum atomic E-state index is 5.32. The van der Waals surface area contributed by atoms with Gasteiger partial charge >= 0.3 is 0 Å². The Morgan fingerprint density at radius 2 is 2.00 bits per heavy atom. The maximum Gasteiger partial charge on any atom is 0.160 e. The van der Waals surface area contributed by atoms with Gasteiger partial charge in [0.05, 0.1) is 20.4 Å². The molecule has 21 heavy (non-hydrogen) atoms. The summed E-state index contributed by atoms with van der Waals surface area (Å²) in [6.07, 6.45) is 4.87. The number of aryl methyl sites for hydroxylation is 1. The molecule has 0 fully saturated rings. The van der Waals surface area contributed by atoms with Crippen LogP contribution in [0.25, 0.3) is 0 Å². The third-order valence-electron chi connectivity index (χ3n) is 3.54. The average Bonchev–Trinajstić information content (AvgIpc) is 2.93. The quantitative estimate of drug-likeness (QED) is 0.850. The summed E-state index contributed by atoms with van der Waals surface area (Å²) in [5.74, 6) is 1.54. The van der Waals surface area contributed by atoms with Gasteiger partial charge in [-0.05, 0) is 37.6 Å². The molecule has 0 amide bonds. The first-order chi connectivity index (χ1) is 10.1. The predicted octanol–water partition coefficient (Wildman–Crippen LogP) is 2.33. The zero-order chi connectivity index (χ0) is 15.2. The number of ether oxygens (including phenoxy) is 2. The van der Waals surface area contributed by atoms with Crippen molar-refractivity contribution in [3.05, 3.63) is 41.7 Å². The number of benzene rings is 1. The summed E-state index contributed by atoms with van der Waals surface area (Å²) in [6.45, 7) is 3.04. The standard InChI is InChI=1S/C16H23N3O2/c1-12(14-10-18-19(2)11-14)17-8-7-13-5-6-15(20-3)16(9-13)21-4/h5-6,9-12,17H,7-8H2,1-4H3. The largest absolute Gasteiger partial charge is 0.493 e. The number of hydrogen-bond acceptors (Lipinski definition) is 4. The summed E-state index contributed by atoms with van der Waals surface area (Å²) in [5, 5.41) is 7.69. The van der Waals surface area contributed by atoms with Crippen molar-refractivity contribution in [1.29, 1.82) is 0 Å². The van der Waals surface area contributed by atoms with Crippen molar-refractivity contribution in [1.82, 2.24) is 15.1 Å². The van der Waals surface area contributed by atoms with E-state index in [1.807, 2.05) is 36.3 Å². The molecule has 1 atom stereocenters. The van der Waals surface area contributed by atoms with Gasteiger partial charge in [-0.1, -0.05) is 6.07 Å². The van der Waals surface area contributed by atoms with Gasteiger partial charge < -0.3 is 14.8 Å². The van der Waals surface area contributed by atoms with Crippen molar-refractivity contribution in [2.75, 3.05) is 20.8 Å². The monoisotopic (exact) mass is 289 g/mol. The van der Waals surface area contributed by atoms with Crippen LogP contribution in [0.4, 0.5) is 0 Å². The molecule has 1 aromatic carbocycles. The lowest BCUT2D eigenvalue weighted by molar-refractivity contribution is 0.354. The topological polar surface area (TPSA) is 48.3 Å². The maximum absolute atomic E-state index is 5.32. The number of nitrogens with one attached hydrogen (secondary N) is 1. The van der Waals surface area contributed by atoms with Gasteiger partial charge in [-0.3, -0.25) is 4.68 Å². The Hall–Kier alpha value is -2.01. The van der Waals surface area contributed by atoms with Crippen LogP contribution in [0, 0.1) is 0 Å². The van der Waals surface area contributed by atoms with E-state index >= 15 is 0 Å². The van der Waals surface area contributed by atoms with Crippen molar-refractivity contribution in [2.45, 2.75) is 19.4 Å². The second kappa shape index (κ2) is 7.13. The summed E-state index contributed by atoms with van der Waals surface area (Å²) in [4.78, 5) is 0. The highest BCUT2D eigenvalue weighted by Gasteiger charge is 2.08. The van der Waals surface area contributed by atoms with Crippen LogP contribution in [0.5, 0.6) is 11.5 Å². The zero-order valence-corrected chi connectivity index (χ0v) is 13.1. The van der Waals surface area contributed by atoms with Crippen molar-refractivity contribution in [3.8, 4) is 11.5 Å². The van der Waals surface area contributed by atoms with Crippen LogP contribution < -0.4 is 14.8 Å². The van der Waals surface area contributed by atoms with E-state index in [4.69, 9.17) is 9.47 Å². The number of nitrogens with zero attached hydrogens (tertiary/aromatic N) is 2. The molecule has 0 aliphatic heterocycles. The van der Waals surface area contributed by atoms with Gasteiger partial charge in [0.1, 0.15) is 0 Å². The van der Waals surface area contributed by atoms with Crippen LogP contribution in [0.15, 0.2) is 30.6 Å². The Kier molecular flexibility index (Phi) is 5.22.